The number of aromatic nitrogens is 1. The molecule has 210 valence electrons. The molecule has 1 N–H and O–H groups in total. The summed E-state index contributed by atoms with van der Waals surface area (Å²) in [5.74, 6) is -0.141. The summed E-state index contributed by atoms with van der Waals surface area (Å²) in [4.78, 5) is 15.4. The summed E-state index contributed by atoms with van der Waals surface area (Å²) < 4.78 is 44.3. The van der Waals surface area contributed by atoms with E-state index in [0.29, 0.717) is 17.1 Å². The molecule has 0 unspecified atom stereocenters. The number of hydrogen-bond acceptors (Lipinski definition) is 8. The number of aryl methyl sites for hydroxylation is 1. The monoisotopic (exact) mass is 635 g/mol. The van der Waals surface area contributed by atoms with Crippen LogP contribution in [-0.4, -0.2) is 52.8 Å². The van der Waals surface area contributed by atoms with Gasteiger partial charge >= 0.3 is 5.97 Å². The first kappa shape index (κ1) is 30.9. The van der Waals surface area contributed by atoms with Gasteiger partial charge in [0.2, 0.25) is 0 Å². The van der Waals surface area contributed by atoms with Gasteiger partial charge in [0.05, 0.1) is 18.0 Å². The number of benzene rings is 2. The number of pyridine rings is 1. The zero-order valence-corrected chi connectivity index (χ0v) is 25.0. The van der Waals surface area contributed by atoms with Crippen LogP contribution in [0.15, 0.2) is 47.4 Å². The SMILES string of the molecule is CCOC(=O)COc1ccccc1S(=O)(=O)N(C)c1cc(C)cc(OCCNc2c(Cl)c(Cl)nc(Cl)c2Cl)c1. The lowest BCUT2D eigenvalue weighted by atomic mass is 10.2. The number of anilines is 2. The van der Waals surface area contributed by atoms with E-state index in [0.717, 1.165) is 9.87 Å². The molecule has 1 heterocycles. The Morgan fingerprint density at radius 2 is 1.69 bits per heavy atom. The molecule has 3 aromatic rings. The molecule has 0 spiro atoms. The van der Waals surface area contributed by atoms with Crippen LogP contribution in [0.4, 0.5) is 11.4 Å². The second-order valence-electron chi connectivity index (χ2n) is 7.99. The minimum atomic E-state index is -4.07. The van der Waals surface area contributed by atoms with Gasteiger partial charge in [0.1, 0.15) is 33.0 Å². The van der Waals surface area contributed by atoms with Gasteiger partial charge in [-0.25, -0.2) is 18.2 Å². The average Bonchev–Trinajstić information content (AvgIpc) is 2.90. The van der Waals surface area contributed by atoms with Gasteiger partial charge in [0, 0.05) is 19.7 Å². The lowest BCUT2D eigenvalue weighted by molar-refractivity contribution is -0.145. The Kier molecular flexibility index (Phi) is 10.8. The molecule has 0 aliphatic heterocycles. The van der Waals surface area contributed by atoms with E-state index in [2.05, 4.69) is 10.3 Å². The van der Waals surface area contributed by atoms with Crippen molar-refractivity contribution in [2.45, 2.75) is 18.7 Å². The van der Waals surface area contributed by atoms with Crippen LogP contribution in [0, 0.1) is 6.92 Å². The van der Waals surface area contributed by atoms with Crippen molar-refractivity contribution in [2.75, 3.05) is 43.0 Å². The molecular formula is C25H25Cl4N3O6S. The minimum absolute atomic E-state index is 0.00919. The number of ether oxygens (including phenoxy) is 3. The molecule has 0 atom stereocenters. The van der Waals surface area contributed by atoms with Crippen LogP contribution < -0.4 is 19.1 Å². The predicted octanol–water partition coefficient (Wildman–Crippen LogP) is 6.26. The summed E-state index contributed by atoms with van der Waals surface area (Å²) in [7, 11) is -2.65. The zero-order valence-electron chi connectivity index (χ0n) is 21.1. The van der Waals surface area contributed by atoms with Crippen LogP contribution in [0.1, 0.15) is 12.5 Å². The van der Waals surface area contributed by atoms with Gasteiger partial charge in [-0.3, -0.25) is 4.31 Å². The fourth-order valence-electron chi connectivity index (χ4n) is 3.39. The van der Waals surface area contributed by atoms with E-state index >= 15 is 0 Å². The maximum atomic E-state index is 13.5. The Balaban J connectivity index is 1.74. The topological polar surface area (TPSA) is 107 Å². The summed E-state index contributed by atoms with van der Waals surface area (Å²) in [5.41, 5.74) is 1.45. The fourth-order valence-corrected chi connectivity index (χ4v) is 5.56. The Hall–Kier alpha value is -2.63. The van der Waals surface area contributed by atoms with Crippen molar-refractivity contribution >= 4 is 73.8 Å². The lowest BCUT2D eigenvalue weighted by Gasteiger charge is -2.22. The van der Waals surface area contributed by atoms with Crippen LogP contribution in [0.3, 0.4) is 0 Å². The Bertz CT molecular complexity index is 1430. The van der Waals surface area contributed by atoms with E-state index in [4.69, 9.17) is 60.6 Å². The Labute approximate surface area is 246 Å². The van der Waals surface area contributed by atoms with Crippen LogP contribution in [-0.2, 0) is 19.6 Å². The molecule has 0 bridgehead atoms. The van der Waals surface area contributed by atoms with Crippen molar-refractivity contribution < 1.29 is 27.4 Å². The number of para-hydroxylation sites is 1. The van der Waals surface area contributed by atoms with Crippen LogP contribution >= 0.6 is 46.4 Å². The van der Waals surface area contributed by atoms with Crippen molar-refractivity contribution in [3.63, 3.8) is 0 Å². The van der Waals surface area contributed by atoms with Gasteiger partial charge in [0.15, 0.2) is 16.9 Å². The van der Waals surface area contributed by atoms with E-state index in [1.807, 2.05) is 6.92 Å². The van der Waals surface area contributed by atoms with Crippen LogP contribution in [0.25, 0.3) is 0 Å². The third-order valence-corrected chi connectivity index (χ3v) is 8.51. The smallest absolute Gasteiger partial charge is 0.344 e. The molecule has 3 rings (SSSR count). The molecule has 0 fully saturated rings. The standard InChI is InChI=1S/C25H25Cl4N3O6S/c1-4-36-20(33)14-38-18-7-5-6-8-19(18)39(34,35)32(3)16-11-15(2)12-17(13-16)37-10-9-30-23-21(26)24(28)31-25(29)22(23)27/h5-8,11-13H,4,9-10,14H2,1-3H3,(H,30,31). The number of carbonyl (C=O) groups is 1. The lowest BCUT2D eigenvalue weighted by Crippen LogP contribution is -2.27. The predicted molar refractivity (Wildman–Crippen MR) is 154 cm³/mol. The van der Waals surface area contributed by atoms with Gasteiger partial charge in [-0.15, -0.1) is 0 Å². The quantitative estimate of drug-likeness (QED) is 0.141. The molecule has 9 nitrogen and oxygen atoms in total. The second kappa shape index (κ2) is 13.6. The van der Waals surface area contributed by atoms with Crippen molar-refractivity contribution in [2.24, 2.45) is 0 Å². The molecule has 2 aromatic carbocycles. The average molecular weight is 637 g/mol. The number of halogens is 4. The normalized spacial score (nSPS) is 11.2. The van der Waals surface area contributed by atoms with Gasteiger partial charge in [-0.1, -0.05) is 58.5 Å². The van der Waals surface area contributed by atoms with Crippen molar-refractivity contribution in [3.8, 4) is 11.5 Å². The number of sulfonamides is 1. The summed E-state index contributed by atoms with van der Waals surface area (Å²) >= 11 is 24.2. The fraction of sp³-hybridized carbons (Fsp3) is 0.280. The Morgan fingerprint density at radius 1 is 1.03 bits per heavy atom. The van der Waals surface area contributed by atoms with Crippen molar-refractivity contribution in [1.29, 1.82) is 0 Å². The third-order valence-electron chi connectivity index (χ3n) is 5.21. The number of esters is 1. The van der Waals surface area contributed by atoms with Gasteiger partial charge in [0.25, 0.3) is 10.0 Å². The Morgan fingerprint density at radius 3 is 2.36 bits per heavy atom. The van der Waals surface area contributed by atoms with Crippen LogP contribution in [0.2, 0.25) is 20.4 Å². The maximum absolute atomic E-state index is 13.5. The summed E-state index contributed by atoms with van der Waals surface area (Å²) in [6.45, 7) is 3.69. The summed E-state index contributed by atoms with van der Waals surface area (Å²) in [6, 6.07) is 11.1. The first-order valence-electron chi connectivity index (χ1n) is 11.5. The first-order valence-corrected chi connectivity index (χ1v) is 14.5. The van der Waals surface area contributed by atoms with Crippen molar-refractivity contribution in [1.82, 2.24) is 4.98 Å². The van der Waals surface area contributed by atoms with E-state index in [-0.39, 0.29) is 50.8 Å². The van der Waals surface area contributed by atoms with Crippen molar-refractivity contribution in [3.05, 3.63) is 68.4 Å². The molecule has 39 heavy (non-hydrogen) atoms. The molecule has 0 amide bonds. The molecule has 0 aliphatic carbocycles. The molecular weight excluding hydrogens is 612 g/mol. The van der Waals surface area contributed by atoms with E-state index in [1.165, 1.54) is 19.2 Å². The van der Waals surface area contributed by atoms with E-state index in [9.17, 15) is 13.2 Å². The second-order valence-corrected chi connectivity index (χ2v) is 11.4. The highest BCUT2D eigenvalue weighted by Gasteiger charge is 2.26. The number of nitrogens with zero attached hydrogens (tertiary/aromatic N) is 2. The molecule has 0 radical (unpaired) electrons. The van der Waals surface area contributed by atoms with E-state index in [1.54, 1.807) is 37.3 Å². The van der Waals surface area contributed by atoms with Gasteiger partial charge in [-0.05, 0) is 43.7 Å². The van der Waals surface area contributed by atoms with Gasteiger partial charge in [-0.2, -0.15) is 0 Å². The number of hydrogen-bond donors (Lipinski definition) is 1. The van der Waals surface area contributed by atoms with Gasteiger partial charge < -0.3 is 19.5 Å². The minimum Gasteiger partial charge on any atom is -0.492 e. The van der Waals surface area contributed by atoms with Crippen LogP contribution in [0.5, 0.6) is 11.5 Å². The highest BCUT2D eigenvalue weighted by atomic mass is 35.5. The summed E-state index contributed by atoms with van der Waals surface area (Å²) in [5, 5.41) is 3.29. The first-order chi connectivity index (χ1) is 18.4. The third kappa shape index (κ3) is 7.73. The number of nitrogens with one attached hydrogen (secondary N) is 1. The zero-order chi connectivity index (χ0) is 28.7. The molecule has 1 aromatic heterocycles. The molecule has 0 saturated heterocycles. The largest absolute Gasteiger partial charge is 0.492 e. The van der Waals surface area contributed by atoms with E-state index < -0.39 is 22.6 Å². The highest BCUT2D eigenvalue weighted by Crippen LogP contribution is 2.38. The number of carbonyl (C=O) groups excluding carboxylic acids is 1. The highest BCUT2D eigenvalue weighted by molar-refractivity contribution is 7.92. The number of rotatable bonds is 12. The molecule has 14 heteroatoms. The molecule has 0 aliphatic rings. The molecule has 0 saturated carbocycles. The summed E-state index contributed by atoms with van der Waals surface area (Å²) in [6.07, 6.45) is 0. The maximum Gasteiger partial charge on any atom is 0.344 e.